The first-order valence-electron chi connectivity index (χ1n) is 6.24. The number of ether oxygens (including phenoxy) is 1. The van der Waals surface area contributed by atoms with E-state index in [0.29, 0.717) is 5.92 Å². The van der Waals surface area contributed by atoms with Crippen molar-refractivity contribution in [3.05, 3.63) is 24.3 Å². The Kier molecular flexibility index (Phi) is 6.54. The third kappa shape index (κ3) is 4.88. The molecule has 0 aliphatic rings. The highest BCUT2D eigenvalue weighted by Gasteiger charge is 2.19. The molecule has 4 heteroatoms. The van der Waals surface area contributed by atoms with Crippen molar-refractivity contribution in [2.24, 2.45) is 11.7 Å². The van der Waals surface area contributed by atoms with Gasteiger partial charge in [0.1, 0.15) is 5.75 Å². The number of nitrogens with two attached hydrogens (primary N) is 1. The van der Waals surface area contributed by atoms with E-state index in [1.807, 2.05) is 24.3 Å². The second-order valence-corrected chi connectivity index (χ2v) is 6.12. The molecule has 0 aromatic heterocycles. The molecule has 1 aromatic rings. The maximum Gasteiger partial charge on any atom is 0.119 e. The van der Waals surface area contributed by atoms with Gasteiger partial charge in [-0.3, -0.25) is 0 Å². The maximum absolute atomic E-state index is 9.47. The van der Waals surface area contributed by atoms with Crippen molar-refractivity contribution in [2.45, 2.75) is 36.5 Å². The predicted molar refractivity (Wildman–Crippen MR) is 77.2 cm³/mol. The van der Waals surface area contributed by atoms with Crippen LogP contribution in [0.25, 0.3) is 0 Å². The fraction of sp³-hybridized carbons (Fsp3) is 0.571. The van der Waals surface area contributed by atoms with E-state index >= 15 is 0 Å². The van der Waals surface area contributed by atoms with Crippen LogP contribution in [0.15, 0.2) is 29.2 Å². The Morgan fingerprint density at radius 2 is 2.11 bits per heavy atom. The van der Waals surface area contributed by atoms with E-state index in [4.69, 9.17) is 10.5 Å². The van der Waals surface area contributed by atoms with Crippen LogP contribution in [0.1, 0.15) is 20.3 Å². The molecular formula is C14H23NO2S. The standard InChI is InChI=1S/C14H23NO2S/c1-10(2)7-13(15)14(9-16)18-12-6-4-5-11(8-12)17-3/h4-6,8,10,13-14,16H,7,9,15H2,1-3H3. The van der Waals surface area contributed by atoms with Gasteiger partial charge in [0.15, 0.2) is 0 Å². The van der Waals surface area contributed by atoms with Crippen molar-refractivity contribution in [3.63, 3.8) is 0 Å². The normalized spacial score (nSPS) is 14.6. The number of aliphatic hydroxyl groups is 1. The molecule has 0 amide bonds. The first-order valence-corrected chi connectivity index (χ1v) is 7.12. The number of rotatable bonds is 7. The molecule has 0 aliphatic heterocycles. The molecule has 0 fully saturated rings. The van der Waals surface area contributed by atoms with Gasteiger partial charge in [-0.25, -0.2) is 0 Å². The SMILES string of the molecule is COc1cccc(SC(CO)C(N)CC(C)C)c1. The van der Waals surface area contributed by atoms with E-state index in [1.54, 1.807) is 18.9 Å². The summed E-state index contributed by atoms with van der Waals surface area (Å²) in [4.78, 5) is 1.08. The molecule has 2 unspecified atom stereocenters. The van der Waals surface area contributed by atoms with Crippen molar-refractivity contribution in [2.75, 3.05) is 13.7 Å². The summed E-state index contributed by atoms with van der Waals surface area (Å²) in [5.41, 5.74) is 6.14. The second-order valence-electron chi connectivity index (χ2n) is 4.81. The van der Waals surface area contributed by atoms with Gasteiger partial charge in [-0.05, 0) is 30.5 Å². The van der Waals surface area contributed by atoms with Crippen molar-refractivity contribution in [1.82, 2.24) is 0 Å². The Hall–Kier alpha value is -0.710. The minimum Gasteiger partial charge on any atom is -0.497 e. The van der Waals surface area contributed by atoms with Gasteiger partial charge in [0, 0.05) is 16.2 Å². The number of aliphatic hydroxyl groups excluding tert-OH is 1. The highest BCUT2D eigenvalue weighted by molar-refractivity contribution is 8.00. The van der Waals surface area contributed by atoms with E-state index in [1.165, 1.54) is 0 Å². The van der Waals surface area contributed by atoms with Gasteiger partial charge < -0.3 is 15.6 Å². The van der Waals surface area contributed by atoms with Crippen molar-refractivity contribution in [1.29, 1.82) is 0 Å². The quantitative estimate of drug-likeness (QED) is 0.747. The molecule has 0 saturated carbocycles. The van der Waals surface area contributed by atoms with Crippen LogP contribution in [0.5, 0.6) is 5.75 Å². The van der Waals surface area contributed by atoms with Crippen LogP contribution in [0.2, 0.25) is 0 Å². The third-order valence-corrected chi connectivity index (χ3v) is 4.06. The second kappa shape index (κ2) is 7.67. The third-order valence-electron chi connectivity index (χ3n) is 2.73. The van der Waals surface area contributed by atoms with Crippen molar-refractivity contribution < 1.29 is 9.84 Å². The lowest BCUT2D eigenvalue weighted by atomic mass is 10.0. The van der Waals surface area contributed by atoms with Crippen LogP contribution in [0.3, 0.4) is 0 Å². The number of hydrogen-bond acceptors (Lipinski definition) is 4. The van der Waals surface area contributed by atoms with Gasteiger partial charge >= 0.3 is 0 Å². The van der Waals surface area contributed by atoms with E-state index < -0.39 is 0 Å². The lowest BCUT2D eigenvalue weighted by molar-refractivity contribution is 0.275. The summed E-state index contributed by atoms with van der Waals surface area (Å²) in [5.74, 6) is 1.37. The minimum absolute atomic E-state index is 0.00574. The number of thioether (sulfide) groups is 1. The molecule has 0 heterocycles. The minimum atomic E-state index is 0.00574. The van der Waals surface area contributed by atoms with E-state index in [0.717, 1.165) is 17.1 Å². The van der Waals surface area contributed by atoms with Crippen molar-refractivity contribution >= 4 is 11.8 Å². The number of methoxy groups -OCH3 is 1. The molecule has 0 bridgehead atoms. The summed E-state index contributed by atoms with van der Waals surface area (Å²) in [6, 6.07) is 7.84. The highest BCUT2D eigenvalue weighted by atomic mass is 32.2. The Labute approximate surface area is 114 Å². The van der Waals surface area contributed by atoms with E-state index in [2.05, 4.69) is 13.8 Å². The van der Waals surface area contributed by atoms with Crippen LogP contribution in [-0.2, 0) is 0 Å². The zero-order valence-corrected chi connectivity index (χ0v) is 12.1. The zero-order chi connectivity index (χ0) is 13.5. The molecule has 0 spiro atoms. The van der Waals surface area contributed by atoms with Gasteiger partial charge in [0.25, 0.3) is 0 Å². The number of benzene rings is 1. The van der Waals surface area contributed by atoms with Crippen molar-refractivity contribution in [3.8, 4) is 5.75 Å². The van der Waals surface area contributed by atoms with Crippen LogP contribution < -0.4 is 10.5 Å². The molecule has 1 rings (SSSR count). The predicted octanol–water partition coefficient (Wildman–Crippen LogP) is 2.52. The molecular weight excluding hydrogens is 246 g/mol. The molecule has 102 valence electrons. The van der Waals surface area contributed by atoms with Gasteiger partial charge in [-0.15, -0.1) is 11.8 Å². The average molecular weight is 269 g/mol. The smallest absolute Gasteiger partial charge is 0.119 e. The Morgan fingerprint density at radius 1 is 1.39 bits per heavy atom. The summed E-state index contributed by atoms with van der Waals surface area (Å²) < 4.78 is 5.19. The van der Waals surface area contributed by atoms with Crippen LogP contribution in [-0.4, -0.2) is 30.1 Å². The zero-order valence-electron chi connectivity index (χ0n) is 11.3. The Morgan fingerprint density at radius 3 is 2.67 bits per heavy atom. The summed E-state index contributed by atoms with van der Waals surface area (Å²) in [5, 5.41) is 9.49. The topological polar surface area (TPSA) is 55.5 Å². The molecule has 2 atom stereocenters. The highest BCUT2D eigenvalue weighted by Crippen LogP contribution is 2.29. The Bertz CT molecular complexity index is 357. The monoisotopic (exact) mass is 269 g/mol. The molecule has 0 saturated heterocycles. The van der Waals surface area contributed by atoms with Crippen LogP contribution in [0.4, 0.5) is 0 Å². The summed E-state index contributed by atoms with van der Waals surface area (Å²) in [7, 11) is 1.65. The van der Waals surface area contributed by atoms with Gasteiger partial charge in [-0.2, -0.15) is 0 Å². The van der Waals surface area contributed by atoms with Gasteiger partial charge in [0.2, 0.25) is 0 Å². The Balaban J connectivity index is 2.66. The maximum atomic E-state index is 9.47. The van der Waals surface area contributed by atoms with Crippen LogP contribution in [0, 0.1) is 5.92 Å². The fourth-order valence-corrected chi connectivity index (χ4v) is 2.86. The lowest BCUT2D eigenvalue weighted by Gasteiger charge is -2.23. The average Bonchev–Trinajstić information content (AvgIpc) is 2.35. The fourth-order valence-electron chi connectivity index (χ4n) is 1.81. The number of hydrogen-bond donors (Lipinski definition) is 2. The first-order chi connectivity index (χ1) is 8.56. The summed E-state index contributed by atoms with van der Waals surface area (Å²) in [6.45, 7) is 4.38. The van der Waals surface area contributed by atoms with Crippen LogP contribution >= 0.6 is 11.8 Å². The van der Waals surface area contributed by atoms with E-state index in [-0.39, 0.29) is 17.9 Å². The van der Waals surface area contributed by atoms with Gasteiger partial charge in [-0.1, -0.05) is 19.9 Å². The van der Waals surface area contributed by atoms with Gasteiger partial charge in [0.05, 0.1) is 13.7 Å². The summed E-state index contributed by atoms with van der Waals surface area (Å²) >= 11 is 1.61. The molecule has 3 nitrogen and oxygen atoms in total. The molecule has 1 aromatic carbocycles. The lowest BCUT2D eigenvalue weighted by Crippen LogP contribution is -2.36. The largest absolute Gasteiger partial charge is 0.497 e. The van der Waals surface area contributed by atoms with E-state index in [9.17, 15) is 5.11 Å². The molecule has 18 heavy (non-hydrogen) atoms. The first kappa shape index (κ1) is 15.3. The summed E-state index contributed by atoms with van der Waals surface area (Å²) in [6.07, 6.45) is 0.919. The molecule has 0 radical (unpaired) electrons. The molecule has 3 N–H and O–H groups in total. The molecule has 0 aliphatic carbocycles.